The number of aryl methyl sites for hydroxylation is 1. The van der Waals surface area contributed by atoms with E-state index in [4.69, 9.17) is 0 Å². The van der Waals surface area contributed by atoms with Crippen molar-refractivity contribution in [2.75, 3.05) is 17.2 Å². The lowest BCUT2D eigenvalue weighted by molar-refractivity contribution is 0.339. The van der Waals surface area contributed by atoms with Gasteiger partial charge in [-0.1, -0.05) is 457 Å². The molecule has 9 aromatic carbocycles. The van der Waals surface area contributed by atoms with Crippen LogP contribution in [-0.2, 0) is 19.3 Å². The minimum atomic E-state index is 0.175. The second-order valence-electron chi connectivity index (χ2n) is 29.3. The fourth-order valence-electron chi connectivity index (χ4n) is 12.8. The number of anilines is 3. The van der Waals surface area contributed by atoms with Crippen LogP contribution in [0.25, 0.3) is 11.1 Å². The van der Waals surface area contributed by atoms with Crippen LogP contribution in [0.4, 0.5) is 17.1 Å². The molecular weight excluding hydrogens is 1360 g/mol. The summed E-state index contributed by atoms with van der Waals surface area (Å²) in [4.78, 5) is 0. The molecule has 0 aliphatic rings. The fourth-order valence-corrected chi connectivity index (χ4v) is 12.8. The number of benzene rings is 9. The Kier molecular flexibility index (Phi) is 73.0. The van der Waals surface area contributed by atoms with Gasteiger partial charge in [-0.2, -0.15) is 0 Å². The van der Waals surface area contributed by atoms with Gasteiger partial charge in [0.15, 0.2) is 0 Å². The Morgan fingerprint density at radius 2 is 0.545 bits per heavy atom. The van der Waals surface area contributed by atoms with Crippen LogP contribution < -0.4 is 10.6 Å². The number of hydrogen-bond acceptors (Lipinski definition) is 5. The highest BCUT2D eigenvalue weighted by atomic mass is 16.3. The first-order valence-electron chi connectivity index (χ1n) is 44.5. The minimum Gasteiger partial charge on any atom is -0.508 e. The first-order valence-corrected chi connectivity index (χ1v) is 44.5. The van der Waals surface area contributed by atoms with Crippen molar-refractivity contribution in [1.82, 2.24) is 0 Å². The quantitative estimate of drug-likeness (QED) is 0.0271. The molecule has 0 aromatic heterocycles. The summed E-state index contributed by atoms with van der Waals surface area (Å²) in [5, 5.41) is 35.3. The average Bonchev–Trinajstić information content (AvgIpc) is 0.830. The van der Waals surface area contributed by atoms with Crippen molar-refractivity contribution in [3.63, 3.8) is 0 Å². The Hall–Kier alpha value is -8.02. The summed E-state index contributed by atoms with van der Waals surface area (Å²) >= 11 is 0. The van der Waals surface area contributed by atoms with Crippen molar-refractivity contribution >= 4 is 17.1 Å². The zero-order valence-corrected chi connectivity index (χ0v) is 76.0. The predicted octanol–water partition coefficient (Wildman–Crippen LogP) is 34.0. The van der Waals surface area contributed by atoms with Crippen molar-refractivity contribution in [2.45, 2.75) is 295 Å². The summed E-state index contributed by atoms with van der Waals surface area (Å²) in [6.45, 7) is 54.0. The van der Waals surface area contributed by atoms with E-state index in [1.54, 1.807) is 48.5 Å². The molecule has 112 heavy (non-hydrogen) atoms. The Morgan fingerprint density at radius 1 is 0.268 bits per heavy atom. The summed E-state index contributed by atoms with van der Waals surface area (Å²) in [6, 6.07) is 81.8. The lowest BCUT2D eigenvalue weighted by atomic mass is 9.89. The third-order valence-corrected chi connectivity index (χ3v) is 19.7. The van der Waals surface area contributed by atoms with Crippen molar-refractivity contribution in [2.24, 2.45) is 47.3 Å². The number of phenols is 3. The second-order valence-corrected chi connectivity index (χ2v) is 29.3. The van der Waals surface area contributed by atoms with Crippen molar-refractivity contribution < 1.29 is 15.3 Å². The standard InChI is InChI=1S/C19H17N.C15H17N.C13H12O.C12H10O2.4C10H22.4C2H6/c1-3-7-16(8-4-1)15-17-11-13-19(14-12-17)20-18-9-5-2-6-10-18;1-3-8-14(9-4-1)10-7-13-16-15-11-5-2-6-12-15;14-13-8-4-7-12(10-13)9-11-5-2-1-3-6-11;13-11-7-3-1-5-9(11)10-6-2-4-8-12(10)14;4*1-5-7-8-10(6-2)9(3)4;4*1-2/h1-14,20H,15H2;1-6,8-9,11-12,16H,7,10,13H2;1-8,10,14H,9H2;1-8,13-14H;4*9-10H,5-8H2,1-4H3;4*1-2H3. The van der Waals surface area contributed by atoms with Crippen LogP contribution in [0.1, 0.15) is 303 Å². The highest BCUT2D eigenvalue weighted by molar-refractivity contribution is 5.75. The van der Waals surface area contributed by atoms with E-state index in [9.17, 15) is 15.3 Å². The van der Waals surface area contributed by atoms with E-state index in [1.807, 2.05) is 122 Å². The maximum Gasteiger partial charge on any atom is 0.123 e. The van der Waals surface area contributed by atoms with Crippen LogP contribution in [-0.4, -0.2) is 21.9 Å². The summed E-state index contributed by atoms with van der Waals surface area (Å²) in [7, 11) is 0. The minimum absolute atomic E-state index is 0.175. The highest BCUT2D eigenvalue weighted by Crippen LogP contribution is 2.35. The van der Waals surface area contributed by atoms with Crippen LogP contribution in [0.15, 0.2) is 249 Å². The van der Waals surface area contributed by atoms with E-state index in [2.05, 4.69) is 255 Å². The van der Waals surface area contributed by atoms with Crippen LogP contribution in [0, 0.1) is 47.3 Å². The SMILES string of the molecule is CC.CC.CC.CC.CCCCC(CC)C(C)C.CCCCC(CC)C(C)C.CCCCC(CC)C(C)C.CCCCC(CC)C(C)C.Oc1cccc(Cc2ccccc2)c1.Oc1ccccc1-c1ccccc1O.c1ccc(CCCNc2ccccc2)cc1.c1ccc(Cc2ccc(Nc3ccccc3)cc2)cc1. The summed E-state index contributed by atoms with van der Waals surface area (Å²) in [5.41, 5.74) is 11.2. The number of nitrogens with one attached hydrogen (secondary N) is 2. The van der Waals surface area contributed by atoms with Gasteiger partial charge in [0.2, 0.25) is 0 Å². The van der Waals surface area contributed by atoms with E-state index in [0.717, 1.165) is 90.1 Å². The van der Waals surface area contributed by atoms with Gasteiger partial charge in [-0.05, 0) is 162 Å². The second kappa shape index (κ2) is 75.7. The smallest absolute Gasteiger partial charge is 0.123 e. The molecule has 5 nitrogen and oxygen atoms in total. The molecule has 0 aliphatic carbocycles. The number of para-hydroxylation sites is 4. The van der Waals surface area contributed by atoms with Gasteiger partial charge in [0.25, 0.3) is 0 Å². The number of hydrogen-bond donors (Lipinski definition) is 5. The van der Waals surface area contributed by atoms with E-state index < -0.39 is 0 Å². The van der Waals surface area contributed by atoms with Gasteiger partial charge in [0.05, 0.1) is 0 Å². The molecule has 0 amide bonds. The van der Waals surface area contributed by atoms with Gasteiger partial charge < -0.3 is 26.0 Å². The van der Waals surface area contributed by atoms with Gasteiger partial charge in [-0.15, -0.1) is 0 Å². The van der Waals surface area contributed by atoms with Gasteiger partial charge in [0, 0.05) is 34.7 Å². The largest absolute Gasteiger partial charge is 0.508 e. The Morgan fingerprint density at radius 3 is 0.857 bits per heavy atom. The lowest BCUT2D eigenvalue weighted by Crippen LogP contribution is -2.06. The Bertz CT molecular complexity index is 3140. The maximum atomic E-state index is 9.58. The molecule has 624 valence electrons. The van der Waals surface area contributed by atoms with Crippen LogP contribution >= 0.6 is 0 Å². The summed E-state index contributed by atoms with van der Waals surface area (Å²) in [5.74, 6) is 8.11. The first-order chi connectivity index (χ1) is 54.4. The zero-order valence-electron chi connectivity index (χ0n) is 76.0. The predicted molar refractivity (Wildman–Crippen MR) is 506 cm³/mol. The molecule has 0 saturated heterocycles. The monoisotopic (exact) mass is 1530 g/mol. The normalized spacial score (nSPS) is 11.0. The number of phenolic OH excluding ortho intramolecular Hbond substituents is 3. The molecule has 0 heterocycles. The third kappa shape index (κ3) is 55.4. The molecule has 5 heteroatoms. The average molecular weight is 1530 g/mol. The molecule has 0 fully saturated rings. The summed E-state index contributed by atoms with van der Waals surface area (Å²) in [6.07, 6.45) is 26.4. The molecule has 9 aromatic rings. The van der Waals surface area contributed by atoms with E-state index in [0.29, 0.717) is 16.9 Å². The Balaban J connectivity index is -0.00000121. The van der Waals surface area contributed by atoms with E-state index >= 15 is 0 Å². The van der Waals surface area contributed by atoms with E-state index in [-0.39, 0.29) is 11.5 Å². The van der Waals surface area contributed by atoms with E-state index in [1.165, 1.54) is 137 Å². The zero-order chi connectivity index (χ0) is 84.4. The lowest BCUT2D eigenvalue weighted by Gasteiger charge is -2.17. The third-order valence-electron chi connectivity index (χ3n) is 19.7. The summed E-state index contributed by atoms with van der Waals surface area (Å²) < 4.78 is 0. The van der Waals surface area contributed by atoms with Crippen molar-refractivity contribution in [3.8, 4) is 28.4 Å². The van der Waals surface area contributed by atoms with Gasteiger partial charge in [0.1, 0.15) is 17.2 Å². The molecular formula is C107H168N2O3. The highest BCUT2D eigenvalue weighted by Gasteiger charge is 2.13. The molecule has 0 spiro atoms. The number of unbranched alkanes of at least 4 members (excludes halogenated alkanes) is 4. The van der Waals surface area contributed by atoms with Crippen molar-refractivity contribution in [1.29, 1.82) is 0 Å². The molecule has 5 N–H and O–H groups in total. The van der Waals surface area contributed by atoms with Gasteiger partial charge >= 0.3 is 0 Å². The molecule has 9 rings (SSSR count). The first kappa shape index (κ1) is 108. The fraction of sp³-hybridized carbons (Fsp3) is 0.495. The maximum absolute atomic E-state index is 9.58. The Labute approximate surface area is 692 Å². The van der Waals surface area contributed by atoms with Gasteiger partial charge in [-0.3, -0.25) is 0 Å². The molecule has 0 bridgehead atoms. The molecule has 0 aliphatic heterocycles. The molecule has 4 atom stereocenters. The molecule has 4 unspecified atom stereocenters. The van der Waals surface area contributed by atoms with Gasteiger partial charge in [-0.25, -0.2) is 0 Å². The van der Waals surface area contributed by atoms with Crippen LogP contribution in [0.2, 0.25) is 0 Å². The van der Waals surface area contributed by atoms with Crippen molar-refractivity contribution in [3.05, 3.63) is 277 Å². The topological polar surface area (TPSA) is 84.8 Å². The number of rotatable bonds is 32. The van der Waals surface area contributed by atoms with Crippen LogP contribution in [0.5, 0.6) is 17.2 Å². The molecule has 0 saturated carbocycles. The van der Waals surface area contributed by atoms with Crippen LogP contribution in [0.3, 0.4) is 0 Å². The molecule has 0 radical (unpaired) electrons. The number of aromatic hydroxyl groups is 3.